The van der Waals surface area contributed by atoms with E-state index in [1.165, 1.54) is 0 Å². The van der Waals surface area contributed by atoms with Crippen molar-refractivity contribution in [1.82, 2.24) is 0 Å². The van der Waals surface area contributed by atoms with Gasteiger partial charge in [-0.1, -0.05) is 53.5 Å². The molecule has 4 heteroatoms. The smallest absolute Gasteiger partial charge is 0.345 e. The number of carbonyl (C=O) groups excluding carboxylic acids is 2. The van der Waals surface area contributed by atoms with Crippen LogP contribution in [0.3, 0.4) is 0 Å². The van der Waals surface area contributed by atoms with Crippen molar-refractivity contribution < 1.29 is 19.1 Å². The van der Waals surface area contributed by atoms with E-state index in [9.17, 15) is 9.59 Å². The molecule has 0 aliphatic rings. The minimum Gasteiger partial charge on any atom is -0.462 e. The van der Waals surface area contributed by atoms with Crippen LogP contribution in [0.25, 0.3) is 0 Å². The molecule has 1 atom stereocenters. The molecule has 0 heterocycles. The van der Waals surface area contributed by atoms with Crippen LogP contribution in [0, 0.1) is 11.8 Å². The van der Waals surface area contributed by atoms with Gasteiger partial charge in [-0.3, -0.25) is 0 Å². The zero-order chi connectivity index (χ0) is 16.3. The van der Waals surface area contributed by atoms with Crippen molar-refractivity contribution in [2.45, 2.75) is 60.3 Å². The maximum Gasteiger partial charge on any atom is 0.345 e. The second-order valence-electron chi connectivity index (χ2n) is 5.66. The first-order valence-electron chi connectivity index (χ1n) is 8.00. The lowest BCUT2D eigenvalue weighted by Gasteiger charge is -2.14. The molecule has 4 nitrogen and oxygen atoms in total. The summed E-state index contributed by atoms with van der Waals surface area (Å²) in [6.07, 6.45) is 5.14. The maximum absolute atomic E-state index is 12.1. The highest BCUT2D eigenvalue weighted by molar-refractivity contribution is 6.14. The molecule has 0 N–H and O–H groups in total. The Morgan fingerprint density at radius 3 is 1.67 bits per heavy atom. The third-order valence-electron chi connectivity index (χ3n) is 3.38. The number of esters is 2. The third-order valence-corrected chi connectivity index (χ3v) is 3.38. The van der Waals surface area contributed by atoms with Crippen LogP contribution >= 0.6 is 0 Å². The van der Waals surface area contributed by atoms with E-state index in [4.69, 9.17) is 9.47 Å². The number of hydrogen-bond donors (Lipinski definition) is 0. The van der Waals surface area contributed by atoms with Gasteiger partial charge in [0.2, 0.25) is 0 Å². The summed E-state index contributed by atoms with van der Waals surface area (Å²) in [6.45, 7) is 10.8. The van der Waals surface area contributed by atoms with E-state index in [2.05, 4.69) is 0 Å². The van der Waals surface area contributed by atoms with Crippen molar-refractivity contribution in [3.05, 3.63) is 11.6 Å². The topological polar surface area (TPSA) is 52.6 Å². The van der Waals surface area contributed by atoms with Gasteiger partial charge in [0.25, 0.3) is 0 Å². The Morgan fingerprint density at radius 1 is 0.905 bits per heavy atom. The molecule has 0 saturated heterocycles. The fourth-order valence-electron chi connectivity index (χ4n) is 1.45. The number of ether oxygens (including phenoxy) is 2. The summed E-state index contributed by atoms with van der Waals surface area (Å²) in [5.74, 6) is -0.695. The van der Waals surface area contributed by atoms with Crippen LogP contribution in [0.2, 0.25) is 0 Å². The second kappa shape index (κ2) is 11.4. The lowest BCUT2D eigenvalue weighted by Crippen LogP contribution is -2.21. The maximum atomic E-state index is 12.1. The Bertz CT molecular complexity index is 321. The largest absolute Gasteiger partial charge is 0.462 e. The van der Waals surface area contributed by atoms with Gasteiger partial charge in [0.05, 0.1) is 13.2 Å². The molecule has 0 aromatic heterocycles. The van der Waals surface area contributed by atoms with Gasteiger partial charge in [0.15, 0.2) is 0 Å². The average molecular weight is 298 g/mol. The number of hydrogen-bond acceptors (Lipinski definition) is 4. The quantitative estimate of drug-likeness (QED) is 0.202. The summed E-state index contributed by atoms with van der Waals surface area (Å²) in [5.41, 5.74) is 0.0309. The van der Waals surface area contributed by atoms with Gasteiger partial charge in [-0.05, 0) is 24.7 Å². The highest BCUT2D eigenvalue weighted by Gasteiger charge is 2.23. The number of unbranched alkanes of at least 4 members (excludes halogenated alkanes) is 2. The van der Waals surface area contributed by atoms with Crippen molar-refractivity contribution in [3.8, 4) is 0 Å². The lowest BCUT2D eigenvalue weighted by molar-refractivity contribution is -0.147. The van der Waals surface area contributed by atoms with Gasteiger partial charge < -0.3 is 9.47 Å². The highest BCUT2D eigenvalue weighted by atomic mass is 16.6. The Kier molecular flexibility index (Phi) is 10.6. The molecule has 0 radical (unpaired) electrons. The molecule has 0 aromatic rings. The average Bonchev–Trinajstić information content (AvgIpc) is 2.44. The predicted octanol–water partition coefficient (Wildman–Crippen LogP) is 3.89. The van der Waals surface area contributed by atoms with Crippen LogP contribution in [0.4, 0.5) is 0 Å². The molecule has 0 saturated carbocycles. The van der Waals surface area contributed by atoms with Gasteiger partial charge >= 0.3 is 11.9 Å². The molecule has 0 bridgehead atoms. The van der Waals surface area contributed by atoms with E-state index in [-0.39, 0.29) is 11.5 Å². The third kappa shape index (κ3) is 8.53. The minimum absolute atomic E-state index is 0.0309. The standard InChI is InChI=1S/C17H30O4/c1-6-8-10-20-16(18)15(12-14(5)13(3)4)17(19)21-11-9-7-2/h12-14H,6-11H2,1-5H3. The molecule has 122 valence electrons. The van der Waals surface area contributed by atoms with Crippen LogP contribution < -0.4 is 0 Å². The van der Waals surface area contributed by atoms with Crippen LogP contribution in [0.5, 0.6) is 0 Å². The summed E-state index contributed by atoms with van der Waals surface area (Å²) in [7, 11) is 0. The summed E-state index contributed by atoms with van der Waals surface area (Å²) < 4.78 is 10.3. The van der Waals surface area contributed by atoms with Crippen molar-refractivity contribution in [2.75, 3.05) is 13.2 Å². The van der Waals surface area contributed by atoms with E-state index >= 15 is 0 Å². The minimum atomic E-state index is -0.572. The first kappa shape index (κ1) is 19.7. The van der Waals surface area contributed by atoms with E-state index < -0.39 is 11.9 Å². The highest BCUT2D eigenvalue weighted by Crippen LogP contribution is 2.16. The van der Waals surface area contributed by atoms with Crippen molar-refractivity contribution in [2.24, 2.45) is 11.8 Å². The molecule has 0 aliphatic heterocycles. The Labute approximate surface area is 128 Å². The summed E-state index contributed by atoms with van der Waals surface area (Å²) in [5, 5.41) is 0. The fraction of sp³-hybridized carbons (Fsp3) is 0.765. The number of carbonyl (C=O) groups is 2. The molecule has 0 rings (SSSR count). The van der Waals surface area contributed by atoms with Crippen LogP contribution in [-0.2, 0) is 19.1 Å². The van der Waals surface area contributed by atoms with Crippen LogP contribution in [-0.4, -0.2) is 25.2 Å². The first-order valence-corrected chi connectivity index (χ1v) is 8.00. The van der Waals surface area contributed by atoms with E-state index in [0.717, 1.165) is 25.7 Å². The van der Waals surface area contributed by atoms with Crippen LogP contribution in [0.1, 0.15) is 60.3 Å². The van der Waals surface area contributed by atoms with Crippen molar-refractivity contribution in [3.63, 3.8) is 0 Å². The molecule has 1 unspecified atom stereocenters. The molecular formula is C17H30O4. The van der Waals surface area contributed by atoms with Crippen molar-refractivity contribution >= 4 is 11.9 Å². The second-order valence-corrected chi connectivity index (χ2v) is 5.66. The Morgan fingerprint density at radius 2 is 1.33 bits per heavy atom. The molecule has 21 heavy (non-hydrogen) atoms. The molecule has 0 aliphatic carbocycles. The lowest BCUT2D eigenvalue weighted by atomic mass is 9.95. The number of rotatable bonds is 10. The monoisotopic (exact) mass is 298 g/mol. The summed E-state index contributed by atoms with van der Waals surface area (Å²) in [6, 6.07) is 0. The zero-order valence-corrected chi connectivity index (χ0v) is 14.1. The van der Waals surface area contributed by atoms with E-state index in [0.29, 0.717) is 19.1 Å². The van der Waals surface area contributed by atoms with Crippen LogP contribution in [0.15, 0.2) is 11.6 Å². The molecule has 0 spiro atoms. The zero-order valence-electron chi connectivity index (χ0n) is 14.1. The molecule has 0 fully saturated rings. The predicted molar refractivity (Wildman–Crippen MR) is 83.8 cm³/mol. The Balaban J connectivity index is 4.83. The number of allylic oxidation sites excluding steroid dienone is 1. The molecule has 0 amide bonds. The van der Waals surface area contributed by atoms with Gasteiger partial charge in [0, 0.05) is 0 Å². The van der Waals surface area contributed by atoms with Gasteiger partial charge in [-0.15, -0.1) is 0 Å². The summed E-state index contributed by atoms with van der Waals surface area (Å²) in [4.78, 5) is 24.1. The van der Waals surface area contributed by atoms with E-state index in [1.54, 1.807) is 6.08 Å². The first-order chi connectivity index (χ1) is 9.93. The SMILES string of the molecule is CCCCOC(=O)C(=CC(C)C(C)C)C(=O)OCCCC. The van der Waals surface area contributed by atoms with Gasteiger partial charge in [0.1, 0.15) is 5.57 Å². The molecule has 0 aromatic carbocycles. The van der Waals surface area contributed by atoms with Gasteiger partial charge in [-0.25, -0.2) is 9.59 Å². The van der Waals surface area contributed by atoms with Crippen molar-refractivity contribution in [1.29, 1.82) is 0 Å². The van der Waals surface area contributed by atoms with E-state index in [1.807, 2.05) is 34.6 Å². The summed E-state index contributed by atoms with van der Waals surface area (Å²) >= 11 is 0. The molecular weight excluding hydrogens is 268 g/mol. The normalized spacial score (nSPS) is 11.9. The van der Waals surface area contributed by atoms with Gasteiger partial charge in [-0.2, -0.15) is 0 Å². The fourth-order valence-corrected chi connectivity index (χ4v) is 1.45. The Hall–Kier alpha value is -1.32.